The zero-order chi connectivity index (χ0) is 49.1. The first kappa shape index (κ1) is 55.9. The molecule has 0 fully saturated rings. The quantitative estimate of drug-likeness (QED) is 0.0700. The summed E-state index contributed by atoms with van der Waals surface area (Å²) in [6.07, 6.45) is 2.36. The Bertz CT molecular complexity index is 2040. The zero-order valence-electron chi connectivity index (χ0n) is 41.5. The van der Waals surface area contributed by atoms with E-state index in [2.05, 4.69) is 69.3 Å². The van der Waals surface area contributed by atoms with Crippen molar-refractivity contribution in [2.45, 2.75) is 131 Å². The molecule has 4 atom stereocenters. The number of thiophene rings is 2. The van der Waals surface area contributed by atoms with Gasteiger partial charge in [0.05, 0.1) is 59.3 Å². The van der Waals surface area contributed by atoms with Crippen LogP contribution in [0.25, 0.3) is 6.08 Å². The Morgan fingerprint density at radius 2 is 0.894 bits per heavy atom. The molecule has 4 unspecified atom stereocenters. The minimum absolute atomic E-state index is 0.00596. The van der Waals surface area contributed by atoms with E-state index in [0.29, 0.717) is 12.8 Å². The summed E-state index contributed by atoms with van der Waals surface area (Å²) < 4.78 is 0. The number of nitrogens with zero attached hydrogens (tertiary/aromatic N) is 4. The van der Waals surface area contributed by atoms with Gasteiger partial charge in [-0.05, 0) is 120 Å². The molecule has 0 saturated heterocycles. The molecule has 0 radical (unpaired) electrons. The van der Waals surface area contributed by atoms with Gasteiger partial charge in [-0.25, -0.2) is 0 Å². The van der Waals surface area contributed by atoms with Crippen molar-refractivity contribution in [3.63, 3.8) is 0 Å². The Morgan fingerprint density at radius 3 is 1.14 bits per heavy atom. The van der Waals surface area contributed by atoms with Gasteiger partial charge in [0.2, 0.25) is 0 Å². The molecule has 0 spiro atoms. The fraction of sp³-hybridized carbons (Fsp3) is 0.464. The minimum atomic E-state index is -0.595. The summed E-state index contributed by atoms with van der Waals surface area (Å²) in [6.45, 7) is 28.0. The van der Waals surface area contributed by atoms with E-state index in [1.54, 1.807) is 22.7 Å². The molecule has 2 N–H and O–H groups in total. The van der Waals surface area contributed by atoms with Crippen molar-refractivity contribution >= 4 is 28.7 Å². The number of benzene rings is 3. The number of aliphatic hydroxyl groups excluding tert-OH is 2. The summed E-state index contributed by atoms with van der Waals surface area (Å²) >= 11 is 3.40. The molecule has 0 saturated carbocycles. The van der Waals surface area contributed by atoms with Gasteiger partial charge in [0.25, 0.3) is 0 Å². The number of nitriles is 2. The monoisotopic (exact) mass is 933 g/mol. The molecule has 66 heavy (non-hydrogen) atoms. The number of rotatable bonds is 21. The van der Waals surface area contributed by atoms with Crippen molar-refractivity contribution in [2.24, 2.45) is 22.7 Å². The van der Waals surface area contributed by atoms with Crippen LogP contribution in [0, 0.1) is 45.3 Å². The van der Waals surface area contributed by atoms with Gasteiger partial charge in [0, 0.05) is 9.75 Å². The maximum atomic E-state index is 10.2. The highest BCUT2D eigenvalue weighted by Crippen LogP contribution is 2.43. The van der Waals surface area contributed by atoms with Crippen LogP contribution < -0.4 is 0 Å². The van der Waals surface area contributed by atoms with E-state index in [1.165, 1.54) is 15.3 Å². The van der Waals surface area contributed by atoms with Crippen LogP contribution in [0.4, 0.5) is 0 Å². The third kappa shape index (κ3) is 17.0. The first-order chi connectivity index (χ1) is 31.2. The zero-order valence-corrected chi connectivity index (χ0v) is 43.2. The first-order valence-electron chi connectivity index (χ1n) is 23.0. The standard InChI is InChI=1S/2C24H34N2O2S.C8H8/c2*1-18(2)22(21-13-10-14-29-21)26(24(5,6)17-27)28-20(15-23(3,4)16-25)19-11-8-7-9-12-19;1-2-8-6-4-3-5-7-8/h2*7-14,18,20,22,27H,15,17H2,1-6H3;2-7H,1H2. The minimum Gasteiger partial charge on any atom is -0.394 e. The van der Waals surface area contributed by atoms with Crippen LogP contribution in [0.3, 0.4) is 0 Å². The number of hydrogen-bond donors (Lipinski definition) is 2. The lowest BCUT2D eigenvalue weighted by atomic mass is 9.86. The molecule has 0 aliphatic rings. The van der Waals surface area contributed by atoms with Gasteiger partial charge in [-0.3, -0.25) is 9.68 Å². The lowest BCUT2D eigenvalue weighted by molar-refractivity contribution is -0.288. The normalized spacial score (nSPS) is 14.0. The average Bonchev–Trinajstić information content (AvgIpc) is 4.05. The summed E-state index contributed by atoms with van der Waals surface area (Å²) in [5, 5.41) is 47.7. The van der Waals surface area contributed by atoms with Gasteiger partial charge in [-0.1, -0.05) is 143 Å². The molecule has 8 nitrogen and oxygen atoms in total. The van der Waals surface area contributed by atoms with Crippen LogP contribution in [0.2, 0.25) is 0 Å². The van der Waals surface area contributed by atoms with Gasteiger partial charge in [-0.2, -0.15) is 20.7 Å². The van der Waals surface area contributed by atoms with Crippen LogP contribution in [0.1, 0.15) is 147 Å². The highest BCUT2D eigenvalue weighted by atomic mass is 32.1. The van der Waals surface area contributed by atoms with Gasteiger partial charge in [0.15, 0.2) is 0 Å². The maximum absolute atomic E-state index is 10.2. The summed E-state index contributed by atoms with van der Waals surface area (Å²) in [6, 6.07) is 43.2. The van der Waals surface area contributed by atoms with Gasteiger partial charge in [0.1, 0.15) is 12.2 Å². The lowest BCUT2D eigenvalue weighted by Gasteiger charge is -2.45. The molecule has 5 aromatic rings. The number of hydrogen-bond acceptors (Lipinski definition) is 10. The Kier molecular flexibility index (Phi) is 22.2. The van der Waals surface area contributed by atoms with Crippen LogP contribution in [-0.4, -0.2) is 44.6 Å². The Hall–Kier alpha value is -4.46. The summed E-state index contributed by atoms with van der Waals surface area (Å²) in [5.74, 6) is 0.555. The smallest absolute Gasteiger partial charge is 0.106 e. The Morgan fingerprint density at radius 1 is 0.561 bits per heavy atom. The Labute approximate surface area is 405 Å². The molecular weight excluding hydrogens is 857 g/mol. The van der Waals surface area contributed by atoms with Crippen molar-refractivity contribution in [3.8, 4) is 12.1 Å². The molecule has 2 aromatic heterocycles. The van der Waals surface area contributed by atoms with Gasteiger partial charge < -0.3 is 10.2 Å². The second kappa shape index (κ2) is 26.2. The Balaban J connectivity index is 0.000000299. The second-order valence-corrected chi connectivity index (χ2v) is 22.0. The molecule has 5 rings (SSSR count). The maximum Gasteiger partial charge on any atom is 0.106 e. The van der Waals surface area contributed by atoms with Gasteiger partial charge >= 0.3 is 0 Å². The van der Waals surface area contributed by atoms with E-state index in [1.807, 2.05) is 175 Å². The van der Waals surface area contributed by atoms with Crippen molar-refractivity contribution in [1.29, 1.82) is 10.5 Å². The molecule has 0 aliphatic carbocycles. The van der Waals surface area contributed by atoms with Crippen molar-refractivity contribution in [3.05, 3.63) is 159 Å². The SMILES string of the molecule is C=Cc1ccccc1.CC(C)C(c1cccs1)N(OC(CC(C)(C)C#N)c1ccccc1)C(C)(C)CO.CC(C)C(c1cccs1)N(OC(CC(C)(C)C#N)c1ccccc1)C(C)(C)CO. The van der Waals surface area contributed by atoms with E-state index < -0.39 is 21.9 Å². The molecule has 356 valence electrons. The van der Waals surface area contributed by atoms with Crippen molar-refractivity contribution < 1.29 is 19.9 Å². The van der Waals surface area contributed by atoms with Crippen LogP contribution >= 0.6 is 22.7 Å². The summed E-state index contributed by atoms with van der Waals surface area (Å²) in [5.41, 5.74) is 0.974. The number of aliphatic hydroxyl groups is 2. The van der Waals surface area contributed by atoms with Gasteiger partial charge in [-0.15, -0.1) is 22.7 Å². The third-order valence-corrected chi connectivity index (χ3v) is 13.1. The highest BCUT2D eigenvalue weighted by Gasteiger charge is 2.41. The molecule has 2 heterocycles. The van der Waals surface area contributed by atoms with E-state index in [-0.39, 0.29) is 49.3 Å². The molecule has 0 bridgehead atoms. The van der Waals surface area contributed by atoms with Crippen LogP contribution in [0.5, 0.6) is 0 Å². The summed E-state index contributed by atoms with van der Waals surface area (Å²) in [4.78, 5) is 15.8. The van der Waals surface area contributed by atoms with E-state index in [9.17, 15) is 20.7 Å². The average molecular weight is 933 g/mol. The van der Waals surface area contributed by atoms with Crippen molar-refractivity contribution in [2.75, 3.05) is 13.2 Å². The predicted octanol–water partition coefficient (Wildman–Crippen LogP) is 14.6. The van der Waals surface area contributed by atoms with Crippen LogP contribution in [-0.2, 0) is 9.68 Å². The van der Waals surface area contributed by atoms with E-state index in [0.717, 1.165) is 11.1 Å². The number of hydroxylamine groups is 4. The first-order valence-corrected chi connectivity index (χ1v) is 24.7. The topological polar surface area (TPSA) is 113 Å². The molecule has 0 aliphatic heterocycles. The van der Waals surface area contributed by atoms with Crippen LogP contribution in [0.15, 0.2) is 133 Å². The van der Waals surface area contributed by atoms with Crippen molar-refractivity contribution in [1.82, 2.24) is 10.1 Å². The fourth-order valence-electron chi connectivity index (χ4n) is 7.31. The largest absolute Gasteiger partial charge is 0.394 e. The third-order valence-electron chi connectivity index (χ3n) is 11.3. The molecule has 3 aromatic carbocycles. The molecular formula is C56H76N4O4S2. The highest BCUT2D eigenvalue weighted by molar-refractivity contribution is 7.10. The second-order valence-electron chi connectivity index (χ2n) is 20.0. The predicted molar refractivity (Wildman–Crippen MR) is 275 cm³/mol. The molecule has 0 amide bonds. The summed E-state index contributed by atoms with van der Waals surface area (Å²) in [7, 11) is 0. The molecule has 10 heteroatoms. The lowest BCUT2D eigenvalue weighted by Crippen LogP contribution is -2.50. The fourth-order valence-corrected chi connectivity index (χ4v) is 9.26. The van der Waals surface area contributed by atoms with E-state index in [4.69, 9.17) is 9.68 Å². The van der Waals surface area contributed by atoms with E-state index >= 15 is 0 Å².